The summed E-state index contributed by atoms with van der Waals surface area (Å²) in [5.41, 5.74) is 1.02. The number of rotatable bonds is 3. The van der Waals surface area contributed by atoms with Gasteiger partial charge in [-0.3, -0.25) is 0 Å². The fourth-order valence-electron chi connectivity index (χ4n) is 1.88. The van der Waals surface area contributed by atoms with Gasteiger partial charge in [0.1, 0.15) is 11.6 Å². The topological polar surface area (TPSA) is 70.3 Å². The molecule has 0 unspecified atom stereocenters. The molecule has 0 amide bonds. The molecule has 0 spiro atoms. The summed E-state index contributed by atoms with van der Waals surface area (Å²) in [6.07, 6.45) is 0. The summed E-state index contributed by atoms with van der Waals surface area (Å²) in [6.45, 7) is 0. The number of nitrogens with zero attached hydrogens (tertiary/aromatic N) is 1. The molecule has 1 N–H and O–H groups in total. The Morgan fingerprint density at radius 3 is 2.65 bits per heavy atom. The average molecular weight is 271 g/mol. The van der Waals surface area contributed by atoms with Crippen LogP contribution in [-0.2, 0) is 0 Å². The van der Waals surface area contributed by atoms with E-state index in [1.54, 1.807) is 0 Å². The summed E-state index contributed by atoms with van der Waals surface area (Å²) in [7, 11) is 1.43. The first-order chi connectivity index (χ1) is 9.55. The van der Waals surface area contributed by atoms with Gasteiger partial charge >= 0.3 is 5.97 Å². The largest absolute Gasteiger partial charge is 0.496 e. The molecule has 0 atom stereocenters. The van der Waals surface area contributed by atoms with Crippen LogP contribution in [0.1, 0.15) is 15.9 Å². The van der Waals surface area contributed by atoms with Gasteiger partial charge in [0.25, 0.3) is 0 Å². The summed E-state index contributed by atoms with van der Waals surface area (Å²) in [4.78, 5) is 11.0. The Morgan fingerprint density at radius 2 is 2.05 bits per heavy atom. The third-order valence-electron chi connectivity index (χ3n) is 2.78. The van der Waals surface area contributed by atoms with Gasteiger partial charge in [0.15, 0.2) is 0 Å². The lowest BCUT2D eigenvalue weighted by Crippen LogP contribution is -1.98. The van der Waals surface area contributed by atoms with Crippen LogP contribution < -0.4 is 4.74 Å². The van der Waals surface area contributed by atoms with Crippen LogP contribution in [0.3, 0.4) is 0 Å². The molecule has 20 heavy (non-hydrogen) atoms. The van der Waals surface area contributed by atoms with E-state index in [1.165, 1.54) is 37.4 Å². The van der Waals surface area contributed by atoms with E-state index in [0.717, 1.165) is 6.07 Å². The van der Waals surface area contributed by atoms with E-state index in [1.807, 2.05) is 6.07 Å². The van der Waals surface area contributed by atoms with Crippen molar-refractivity contribution < 1.29 is 19.0 Å². The molecule has 2 aromatic carbocycles. The van der Waals surface area contributed by atoms with Crippen molar-refractivity contribution in [1.82, 2.24) is 0 Å². The van der Waals surface area contributed by atoms with Gasteiger partial charge in [0, 0.05) is 5.56 Å². The van der Waals surface area contributed by atoms with Crippen molar-refractivity contribution in [2.75, 3.05) is 7.11 Å². The smallest absolute Gasteiger partial charge is 0.335 e. The fourth-order valence-corrected chi connectivity index (χ4v) is 1.88. The van der Waals surface area contributed by atoms with E-state index in [-0.39, 0.29) is 11.1 Å². The first-order valence-electron chi connectivity index (χ1n) is 5.67. The van der Waals surface area contributed by atoms with Crippen molar-refractivity contribution in [3.05, 3.63) is 53.3 Å². The number of ether oxygens (including phenoxy) is 1. The molecule has 0 aliphatic heterocycles. The molecule has 0 radical (unpaired) electrons. The van der Waals surface area contributed by atoms with Gasteiger partial charge in [0.2, 0.25) is 0 Å². The molecule has 0 aliphatic carbocycles. The van der Waals surface area contributed by atoms with Crippen LogP contribution in [0, 0.1) is 17.1 Å². The second-order valence-electron chi connectivity index (χ2n) is 4.06. The zero-order valence-corrected chi connectivity index (χ0v) is 10.6. The molecule has 0 aromatic heterocycles. The van der Waals surface area contributed by atoms with Gasteiger partial charge in [-0.1, -0.05) is 0 Å². The van der Waals surface area contributed by atoms with Gasteiger partial charge in [-0.2, -0.15) is 5.26 Å². The van der Waals surface area contributed by atoms with Gasteiger partial charge < -0.3 is 9.84 Å². The van der Waals surface area contributed by atoms with Gasteiger partial charge in [-0.25, -0.2) is 9.18 Å². The van der Waals surface area contributed by atoms with E-state index in [4.69, 9.17) is 15.1 Å². The first kappa shape index (κ1) is 13.6. The van der Waals surface area contributed by atoms with E-state index < -0.39 is 11.8 Å². The van der Waals surface area contributed by atoms with Crippen LogP contribution in [0.15, 0.2) is 36.4 Å². The maximum Gasteiger partial charge on any atom is 0.335 e. The molecule has 0 fully saturated rings. The zero-order chi connectivity index (χ0) is 14.7. The number of methoxy groups -OCH3 is 1. The standard InChI is InChI=1S/C15H10FNO3/c1-20-14-3-2-10(15(18)19)7-13(14)11-4-9(8-17)5-12(16)6-11/h2-7H,1H3,(H,18,19). The van der Waals surface area contributed by atoms with E-state index in [2.05, 4.69) is 0 Å². The number of halogens is 1. The predicted molar refractivity (Wildman–Crippen MR) is 70.1 cm³/mol. The first-order valence-corrected chi connectivity index (χ1v) is 5.67. The highest BCUT2D eigenvalue weighted by atomic mass is 19.1. The highest BCUT2D eigenvalue weighted by Crippen LogP contribution is 2.32. The summed E-state index contributed by atoms with van der Waals surface area (Å²) < 4.78 is 18.6. The number of hydrogen-bond donors (Lipinski definition) is 1. The Balaban J connectivity index is 2.67. The molecule has 4 nitrogen and oxygen atoms in total. The SMILES string of the molecule is COc1ccc(C(=O)O)cc1-c1cc(F)cc(C#N)c1. The average Bonchev–Trinajstić information content (AvgIpc) is 2.45. The molecular weight excluding hydrogens is 261 g/mol. The molecule has 0 saturated carbocycles. The molecular formula is C15H10FNO3. The fraction of sp³-hybridized carbons (Fsp3) is 0.0667. The molecule has 5 heteroatoms. The van der Waals surface area contributed by atoms with Crippen molar-refractivity contribution in [3.8, 4) is 22.9 Å². The van der Waals surface area contributed by atoms with Gasteiger partial charge in [0.05, 0.1) is 24.3 Å². The number of aromatic carboxylic acids is 1. The van der Waals surface area contributed by atoms with Crippen LogP contribution in [0.25, 0.3) is 11.1 Å². The minimum Gasteiger partial charge on any atom is -0.496 e. The van der Waals surface area contributed by atoms with Crippen molar-refractivity contribution in [2.45, 2.75) is 0 Å². The highest BCUT2D eigenvalue weighted by Gasteiger charge is 2.12. The van der Waals surface area contributed by atoms with Crippen LogP contribution in [0.4, 0.5) is 4.39 Å². The maximum absolute atomic E-state index is 13.5. The summed E-state index contributed by atoms with van der Waals surface area (Å²) in [5.74, 6) is -1.25. The van der Waals surface area contributed by atoms with E-state index in [0.29, 0.717) is 16.9 Å². The predicted octanol–water partition coefficient (Wildman–Crippen LogP) is 3.07. The van der Waals surface area contributed by atoms with E-state index >= 15 is 0 Å². The lowest BCUT2D eigenvalue weighted by atomic mass is 10.00. The summed E-state index contributed by atoms with van der Waals surface area (Å²) >= 11 is 0. The minimum atomic E-state index is -1.09. The second kappa shape index (κ2) is 5.41. The monoisotopic (exact) mass is 271 g/mol. The van der Waals surface area contributed by atoms with Gasteiger partial charge in [-0.15, -0.1) is 0 Å². The Kier molecular flexibility index (Phi) is 3.67. The summed E-state index contributed by atoms with van der Waals surface area (Å²) in [5, 5.41) is 17.9. The van der Waals surface area contributed by atoms with Crippen LogP contribution in [0.2, 0.25) is 0 Å². The maximum atomic E-state index is 13.5. The van der Waals surface area contributed by atoms with Crippen LogP contribution in [-0.4, -0.2) is 18.2 Å². The second-order valence-corrected chi connectivity index (χ2v) is 4.06. The van der Waals surface area contributed by atoms with Gasteiger partial charge in [-0.05, 0) is 42.0 Å². The van der Waals surface area contributed by atoms with Crippen molar-refractivity contribution in [2.24, 2.45) is 0 Å². The Bertz CT molecular complexity index is 720. The van der Waals surface area contributed by atoms with Crippen LogP contribution >= 0.6 is 0 Å². The minimum absolute atomic E-state index is 0.0589. The number of carboxylic acids is 1. The molecule has 0 bridgehead atoms. The molecule has 2 rings (SSSR count). The normalized spacial score (nSPS) is 9.85. The lowest BCUT2D eigenvalue weighted by Gasteiger charge is -2.10. The third kappa shape index (κ3) is 2.59. The number of hydrogen-bond acceptors (Lipinski definition) is 3. The van der Waals surface area contributed by atoms with E-state index in [9.17, 15) is 9.18 Å². The highest BCUT2D eigenvalue weighted by molar-refractivity contribution is 5.90. The summed E-state index contributed by atoms with van der Waals surface area (Å²) in [6, 6.07) is 9.95. The molecule has 2 aromatic rings. The van der Waals surface area contributed by atoms with Crippen molar-refractivity contribution >= 4 is 5.97 Å². The number of benzene rings is 2. The Morgan fingerprint density at radius 1 is 1.30 bits per heavy atom. The third-order valence-corrected chi connectivity index (χ3v) is 2.78. The molecule has 0 aliphatic rings. The van der Waals surface area contributed by atoms with Crippen molar-refractivity contribution in [1.29, 1.82) is 5.26 Å². The molecule has 0 heterocycles. The number of nitriles is 1. The Hall–Kier alpha value is -2.87. The van der Waals surface area contributed by atoms with Crippen LogP contribution in [0.5, 0.6) is 5.75 Å². The number of carbonyl (C=O) groups is 1. The lowest BCUT2D eigenvalue weighted by molar-refractivity contribution is 0.0697. The quantitative estimate of drug-likeness (QED) is 0.931. The molecule has 0 saturated heterocycles. The zero-order valence-electron chi connectivity index (χ0n) is 10.6. The molecule has 100 valence electrons. The Labute approximate surface area is 114 Å². The van der Waals surface area contributed by atoms with Crippen molar-refractivity contribution in [3.63, 3.8) is 0 Å². The number of carboxylic acid groups (broad SMARTS) is 1.